The highest BCUT2D eigenvalue weighted by Crippen LogP contribution is 2.72. The van der Waals surface area contributed by atoms with Gasteiger partial charge in [0.1, 0.15) is 6.61 Å². The molecule has 8 atom stereocenters. The maximum atomic E-state index is 12.0. The van der Waals surface area contributed by atoms with Crippen LogP contribution in [-0.4, -0.2) is 46.7 Å². The van der Waals surface area contributed by atoms with Crippen LogP contribution in [0.5, 0.6) is 0 Å². The zero-order valence-electron chi connectivity index (χ0n) is 24.4. The van der Waals surface area contributed by atoms with Crippen molar-refractivity contribution < 1.29 is 24.9 Å². The smallest absolute Gasteiger partial charge is 0.302 e. The summed E-state index contributed by atoms with van der Waals surface area (Å²) < 4.78 is 5.82. The van der Waals surface area contributed by atoms with Gasteiger partial charge in [-0.25, -0.2) is 0 Å². The van der Waals surface area contributed by atoms with Crippen molar-refractivity contribution in [3.63, 3.8) is 0 Å². The first kappa shape index (κ1) is 28.8. The molecule has 5 heteroatoms. The van der Waals surface area contributed by atoms with E-state index in [-0.39, 0.29) is 46.3 Å². The van der Waals surface area contributed by atoms with Crippen LogP contribution >= 0.6 is 0 Å². The van der Waals surface area contributed by atoms with Gasteiger partial charge in [-0.1, -0.05) is 57.4 Å². The predicted octanol–water partition coefficient (Wildman–Crippen LogP) is 5.97. The van der Waals surface area contributed by atoms with Crippen molar-refractivity contribution in [2.75, 3.05) is 13.2 Å². The fourth-order valence-electron chi connectivity index (χ4n) is 9.64. The van der Waals surface area contributed by atoms with E-state index >= 15 is 0 Å². The number of allylic oxidation sites excluding steroid dienone is 1. The summed E-state index contributed by atoms with van der Waals surface area (Å²) in [6, 6.07) is 0. The van der Waals surface area contributed by atoms with Crippen LogP contribution in [0.2, 0.25) is 0 Å². The predicted molar refractivity (Wildman–Crippen MR) is 147 cm³/mol. The summed E-state index contributed by atoms with van der Waals surface area (Å²) in [5.41, 5.74) is 3.86. The Morgan fingerprint density at radius 1 is 1.05 bits per heavy atom. The van der Waals surface area contributed by atoms with Gasteiger partial charge in [0.2, 0.25) is 0 Å². The zero-order valence-corrected chi connectivity index (χ0v) is 24.4. The van der Waals surface area contributed by atoms with E-state index in [0.29, 0.717) is 24.9 Å². The molecule has 0 aromatic carbocycles. The van der Waals surface area contributed by atoms with Gasteiger partial charge in [0.05, 0.1) is 18.8 Å². The highest BCUT2D eigenvalue weighted by atomic mass is 16.5. The summed E-state index contributed by atoms with van der Waals surface area (Å²) in [5.74, 6) is 0.711. The van der Waals surface area contributed by atoms with E-state index in [9.17, 15) is 20.1 Å². The molecule has 4 rings (SSSR count). The highest BCUT2D eigenvalue weighted by Gasteiger charge is 2.64. The minimum Gasteiger partial charge on any atom is -0.465 e. The Morgan fingerprint density at radius 2 is 1.76 bits per heavy atom. The molecule has 37 heavy (non-hydrogen) atoms. The van der Waals surface area contributed by atoms with Crippen molar-refractivity contribution in [1.82, 2.24) is 0 Å². The van der Waals surface area contributed by atoms with E-state index in [4.69, 9.17) is 4.74 Å². The Labute approximate surface area is 224 Å². The maximum absolute atomic E-state index is 12.0. The average molecular weight is 517 g/mol. The lowest BCUT2D eigenvalue weighted by Crippen LogP contribution is -2.57. The molecule has 0 aromatic heterocycles. The van der Waals surface area contributed by atoms with E-state index < -0.39 is 6.10 Å². The van der Waals surface area contributed by atoms with E-state index in [1.807, 2.05) is 13.0 Å². The van der Waals surface area contributed by atoms with Crippen LogP contribution in [0.25, 0.3) is 0 Å². The molecular weight excluding hydrogens is 464 g/mol. The molecule has 4 aliphatic carbocycles. The summed E-state index contributed by atoms with van der Waals surface area (Å²) in [5, 5.41) is 31.5. The summed E-state index contributed by atoms with van der Waals surface area (Å²) in [6.07, 6.45) is 9.94. The number of hydrogen-bond acceptors (Lipinski definition) is 5. The van der Waals surface area contributed by atoms with Crippen molar-refractivity contribution in [1.29, 1.82) is 0 Å². The number of aliphatic hydroxyl groups is 3. The van der Waals surface area contributed by atoms with Crippen LogP contribution in [0.15, 0.2) is 22.8 Å². The Balaban J connectivity index is 1.71. The monoisotopic (exact) mass is 516 g/mol. The second-order valence-electron chi connectivity index (χ2n) is 14.1. The summed E-state index contributed by atoms with van der Waals surface area (Å²) >= 11 is 0. The molecule has 0 radical (unpaired) electrons. The minimum atomic E-state index is -0.410. The van der Waals surface area contributed by atoms with Crippen molar-refractivity contribution >= 4 is 5.97 Å². The molecule has 0 aromatic rings. The molecular formula is C32H52O5. The summed E-state index contributed by atoms with van der Waals surface area (Å²) in [6.45, 7) is 15.5. The lowest BCUT2D eigenvalue weighted by molar-refractivity contribution is -0.156. The maximum Gasteiger partial charge on any atom is 0.302 e. The Kier molecular flexibility index (Phi) is 7.87. The molecule has 0 spiro atoms. The first-order chi connectivity index (χ1) is 17.2. The van der Waals surface area contributed by atoms with Gasteiger partial charge in [0.15, 0.2) is 0 Å². The largest absolute Gasteiger partial charge is 0.465 e. The van der Waals surface area contributed by atoms with Crippen LogP contribution in [-0.2, 0) is 9.53 Å². The van der Waals surface area contributed by atoms with E-state index in [2.05, 4.69) is 34.6 Å². The number of esters is 1. The normalized spacial score (nSPS) is 40.9. The molecule has 5 nitrogen and oxygen atoms in total. The third kappa shape index (κ3) is 4.45. The number of ether oxygens (including phenoxy) is 1. The highest BCUT2D eigenvalue weighted by molar-refractivity contribution is 5.66. The van der Waals surface area contributed by atoms with Crippen LogP contribution in [0, 0.1) is 39.4 Å². The fourth-order valence-corrected chi connectivity index (χ4v) is 9.64. The molecule has 4 aliphatic rings. The SMILES string of the molecule is CC(=O)OC[C@]12CC[C@H](O)C(C)(C)[C@@H]1CCC1=C2CC[C@]2(C)[C@@H]([C@H](C)[C@H](O)C/C=C(/C)CO)CC[C@@]12C. The third-order valence-electron chi connectivity index (χ3n) is 12.3. The van der Waals surface area contributed by atoms with Gasteiger partial charge in [-0.2, -0.15) is 0 Å². The van der Waals surface area contributed by atoms with Crippen molar-refractivity contribution in [2.45, 2.75) is 118 Å². The molecule has 2 saturated carbocycles. The van der Waals surface area contributed by atoms with Gasteiger partial charge in [0, 0.05) is 12.3 Å². The second-order valence-corrected chi connectivity index (χ2v) is 14.1. The number of fused-ring (bicyclic) bond motifs is 4. The van der Waals surface area contributed by atoms with Gasteiger partial charge in [0.25, 0.3) is 0 Å². The van der Waals surface area contributed by atoms with Gasteiger partial charge >= 0.3 is 5.97 Å². The van der Waals surface area contributed by atoms with Gasteiger partial charge in [-0.15, -0.1) is 0 Å². The average Bonchev–Trinajstić information content (AvgIpc) is 3.14. The quantitative estimate of drug-likeness (QED) is 0.287. The molecule has 0 bridgehead atoms. The van der Waals surface area contributed by atoms with Gasteiger partial charge in [-0.05, 0) is 98.7 Å². The van der Waals surface area contributed by atoms with Crippen LogP contribution in [0.1, 0.15) is 106 Å². The first-order valence-corrected chi connectivity index (χ1v) is 14.7. The molecule has 0 saturated heterocycles. The standard InChI is InChI=1S/C32H52O5/c1-20(18-33)8-10-26(35)21(2)23-12-15-31(7)24-9-11-27-29(4,5)28(36)14-17-32(27,19-37-22(3)34)25(24)13-16-30(23,31)6/h8,21,23,26-28,33,35-36H,9-19H2,1-7H3/b20-8-/t21-,23+,26+,27-,28-,30+,31-,32-/m0/s1. The van der Waals surface area contributed by atoms with Crippen molar-refractivity contribution in [3.05, 3.63) is 22.8 Å². The summed E-state index contributed by atoms with van der Waals surface area (Å²) in [4.78, 5) is 12.0. The van der Waals surface area contributed by atoms with Crippen molar-refractivity contribution in [2.24, 2.45) is 39.4 Å². The number of rotatable bonds is 7. The molecule has 2 fully saturated rings. The van der Waals surface area contributed by atoms with Crippen LogP contribution in [0.3, 0.4) is 0 Å². The molecule has 0 unspecified atom stereocenters. The summed E-state index contributed by atoms with van der Waals surface area (Å²) in [7, 11) is 0. The number of carbonyl (C=O) groups excluding carboxylic acids is 1. The molecule has 210 valence electrons. The van der Waals surface area contributed by atoms with Crippen molar-refractivity contribution in [3.8, 4) is 0 Å². The molecule has 0 aliphatic heterocycles. The Bertz CT molecular complexity index is 949. The lowest BCUT2D eigenvalue weighted by Gasteiger charge is -2.62. The van der Waals surface area contributed by atoms with Crippen LogP contribution in [0.4, 0.5) is 0 Å². The molecule has 0 amide bonds. The topological polar surface area (TPSA) is 87.0 Å². The Hall–Kier alpha value is -1.17. The van der Waals surface area contributed by atoms with Gasteiger partial charge in [-0.3, -0.25) is 4.79 Å². The van der Waals surface area contributed by atoms with E-state index in [1.54, 1.807) is 11.1 Å². The van der Waals surface area contributed by atoms with E-state index in [0.717, 1.165) is 56.9 Å². The number of aliphatic hydroxyl groups excluding tert-OH is 3. The Morgan fingerprint density at radius 3 is 2.41 bits per heavy atom. The number of carbonyl (C=O) groups is 1. The molecule has 0 heterocycles. The minimum absolute atomic E-state index is 0.0428. The fraction of sp³-hybridized carbons (Fsp3) is 0.844. The second kappa shape index (κ2) is 10.1. The zero-order chi connectivity index (χ0) is 27.4. The lowest BCUT2D eigenvalue weighted by atomic mass is 9.43. The first-order valence-electron chi connectivity index (χ1n) is 14.7. The molecule has 3 N–H and O–H groups in total. The van der Waals surface area contributed by atoms with Gasteiger partial charge < -0.3 is 20.1 Å². The third-order valence-corrected chi connectivity index (χ3v) is 12.3. The van der Waals surface area contributed by atoms with Crippen LogP contribution < -0.4 is 0 Å². The van der Waals surface area contributed by atoms with E-state index in [1.165, 1.54) is 6.92 Å². The number of hydrogen-bond donors (Lipinski definition) is 3.